The summed E-state index contributed by atoms with van der Waals surface area (Å²) in [5, 5.41) is 7.63. The molecular formula is C19H21BrN4O2S. The van der Waals surface area contributed by atoms with Crippen LogP contribution < -0.4 is 10.9 Å². The van der Waals surface area contributed by atoms with E-state index < -0.39 is 0 Å². The minimum atomic E-state index is -0.140. The highest BCUT2D eigenvalue weighted by Gasteiger charge is 2.15. The second-order valence-electron chi connectivity index (χ2n) is 6.49. The van der Waals surface area contributed by atoms with E-state index in [0.717, 1.165) is 4.47 Å². The summed E-state index contributed by atoms with van der Waals surface area (Å²) >= 11 is 5.01. The van der Waals surface area contributed by atoms with Gasteiger partial charge < -0.3 is 10.2 Å². The summed E-state index contributed by atoms with van der Waals surface area (Å²) in [6.45, 7) is 0.825. The molecular weight excluding hydrogens is 428 g/mol. The molecule has 0 radical (unpaired) electrons. The average Bonchev–Trinajstić information content (AvgIpc) is 3.16. The van der Waals surface area contributed by atoms with E-state index in [1.54, 1.807) is 23.5 Å². The number of hydrogen-bond acceptors (Lipinski definition) is 5. The van der Waals surface area contributed by atoms with Crippen LogP contribution in [0.25, 0.3) is 10.9 Å². The van der Waals surface area contributed by atoms with Crippen LogP contribution in [-0.2, 0) is 11.3 Å². The lowest BCUT2D eigenvalue weighted by molar-refractivity contribution is -0.121. The van der Waals surface area contributed by atoms with Gasteiger partial charge in [0.2, 0.25) is 5.91 Å². The Morgan fingerprint density at radius 3 is 2.89 bits per heavy atom. The third-order valence-electron chi connectivity index (χ3n) is 4.41. The minimum absolute atomic E-state index is 0.0849. The van der Waals surface area contributed by atoms with E-state index in [0.29, 0.717) is 24.0 Å². The van der Waals surface area contributed by atoms with Gasteiger partial charge in [-0.15, -0.1) is 0 Å². The number of fused-ring (bicyclic) bond motifs is 1. The van der Waals surface area contributed by atoms with E-state index in [9.17, 15) is 9.59 Å². The van der Waals surface area contributed by atoms with Crippen LogP contribution in [0.1, 0.15) is 18.0 Å². The van der Waals surface area contributed by atoms with Crippen LogP contribution in [0, 0.1) is 0 Å². The molecule has 0 spiro atoms. The molecule has 2 aromatic heterocycles. The largest absolute Gasteiger partial charge is 0.354 e. The van der Waals surface area contributed by atoms with Gasteiger partial charge in [-0.1, -0.05) is 15.9 Å². The maximum absolute atomic E-state index is 12.6. The van der Waals surface area contributed by atoms with Gasteiger partial charge in [-0.05, 0) is 54.7 Å². The lowest BCUT2D eigenvalue weighted by atomic mass is 10.1. The predicted molar refractivity (Wildman–Crippen MR) is 112 cm³/mol. The molecule has 2 heterocycles. The number of rotatable bonds is 7. The van der Waals surface area contributed by atoms with Crippen molar-refractivity contribution < 1.29 is 4.79 Å². The van der Waals surface area contributed by atoms with Crippen molar-refractivity contribution in [1.82, 2.24) is 19.8 Å². The first kappa shape index (κ1) is 19.7. The highest BCUT2D eigenvalue weighted by Crippen LogP contribution is 2.20. The zero-order valence-electron chi connectivity index (χ0n) is 15.2. The fraction of sp³-hybridized carbons (Fsp3) is 0.316. The van der Waals surface area contributed by atoms with Crippen LogP contribution in [0.2, 0.25) is 0 Å². The van der Waals surface area contributed by atoms with Gasteiger partial charge in [0.1, 0.15) is 0 Å². The second kappa shape index (κ2) is 8.77. The highest BCUT2D eigenvalue weighted by molar-refractivity contribution is 9.10. The van der Waals surface area contributed by atoms with Crippen molar-refractivity contribution in [3.8, 4) is 0 Å². The van der Waals surface area contributed by atoms with Crippen LogP contribution in [0.3, 0.4) is 0 Å². The Morgan fingerprint density at radius 1 is 1.37 bits per heavy atom. The Hall–Kier alpha value is -2.03. The van der Waals surface area contributed by atoms with Gasteiger partial charge in [0.05, 0.1) is 23.3 Å². The van der Waals surface area contributed by atoms with Crippen LogP contribution >= 0.6 is 27.3 Å². The predicted octanol–water partition coefficient (Wildman–Crippen LogP) is 3.03. The Bertz CT molecular complexity index is 985. The fourth-order valence-corrected chi connectivity index (χ4v) is 3.94. The molecule has 6 nitrogen and oxygen atoms in total. The second-order valence-corrected chi connectivity index (χ2v) is 8.19. The summed E-state index contributed by atoms with van der Waals surface area (Å²) in [5.74, 6) is -0.0849. The van der Waals surface area contributed by atoms with Crippen LogP contribution in [0.4, 0.5) is 0 Å². The molecule has 1 N–H and O–H groups in total. The summed E-state index contributed by atoms with van der Waals surface area (Å²) in [7, 11) is 3.99. The van der Waals surface area contributed by atoms with Gasteiger partial charge in [-0.25, -0.2) is 4.98 Å². The molecule has 0 unspecified atom stereocenters. The fourth-order valence-electron chi connectivity index (χ4n) is 2.87. The topological polar surface area (TPSA) is 67.2 Å². The number of carbonyl (C=O) groups excluding carboxylic acids is 1. The number of aromatic nitrogens is 2. The Balaban J connectivity index is 1.61. The van der Waals surface area contributed by atoms with Crippen molar-refractivity contribution in [3.63, 3.8) is 0 Å². The van der Waals surface area contributed by atoms with Gasteiger partial charge in [0.15, 0.2) is 0 Å². The van der Waals surface area contributed by atoms with E-state index in [1.165, 1.54) is 16.5 Å². The van der Waals surface area contributed by atoms with E-state index >= 15 is 0 Å². The van der Waals surface area contributed by atoms with E-state index in [2.05, 4.69) is 42.6 Å². The molecule has 3 rings (SSSR count). The van der Waals surface area contributed by atoms with E-state index in [-0.39, 0.29) is 23.9 Å². The first-order chi connectivity index (χ1) is 13.0. The smallest absolute Gasteiger partial charge is 0.261 e. The third-order valence-corrected chi connectivity index (χ3v) is 5.60. The van der Waals surface area contributed by atoms with E-state index in [1.807, 2.05) is 25.5 Å². The molecule has 8 heteroatoms. The molecule has 3 aromatic rings. The molecule has 0 aliphatic rings. The number of carbonyl (C=O) groups is 1. The van der Waals surface area contributed by atoms with Crippen molar-refractivity contribution in [3.05, 3.63) is 61.7 Å². The van der Waals surface area contributed by atoms with Crippen molar-refractivity contribution >= 4 is 44.1 Å². The number of likely N-dealkylation sites (N-methyl/N-ethyl adjacent to an activating group) is 1. The number of aryl methyl sites for hydroxylation is 1. The molecule has 0 bridgehead atoms. The van der Waals surface area contributed by atoms with E-state index in [4.69, 9.17) is 0 Å². The molecule has 1 aromatic carbocycles. The molecule has 0 aliphatic carbocycles. The Kier molecular flexibility index (Phi) is 6.41. The summed E-state index contributed by atoms with van der Waals surface area (Å²) < 4.78 is 2.31. The van der Waals surface area contributed by atoms with Crippen molar-refractivity contribution in [2.45, 2.75) is 19.0 Å². The summed E-state index contributed by atoms with van der Waals surface area (Å²) in [6, 6.07) is 7.59. The highest BCUT2D eigenvalue weighted by atomic mass is 79.9. The summed E-state index contributed by atoms with van der Waals surface area (Å²) in [5.41, 5.74) is 1.69. The van der Waals surface area contributed by atoms with Gasteiger partial charge in [-0.2, -0.15) is 11.3 Å². The molecule has 0 saturated carbocycles. The first-order valence-electron chi connectivity index (χ1n) is 8.55. The van der Waals surface area contributed by atoms with Gasteiger partial charge in [0.25, 0.3) is 5.56 Å². The summed E-state index contributed by atoms with van der Waals surface area (Å²) in [4.78, 5) is 31.2. The van der Waals surface area contributed by atoms with Crippen molar-refractivity contribution in [2.75, 3.05) is 20.6 Å². The number of amides is 1. The number of nitrogens with one attached hydrogen (secondary N) is 1. The van der Waals surface area contributed by atoms with Gasteiger partial charge in [0, 0.05) is 24.0 Å². The normalized spacial score (nSPS) is 12.4. The SMILES string of the molecule is CN(C)[C@@H](CNC(=O)CCn1cnc2ccc(Br)cc2c1=O)c1ccsc1. The number of halogens is 1. The van der Waals surface area contributed by atoms with Gasteiger partial charge >= 0.3 is 0 Å². The average molecular weight is 449 g/mol. The minimum Gasteiger partial charge on any atom is -0.354 e. The third kappa shape index (κ3) is 4.82. The molecule has 27 heavy (non-hydrogen) atoms. The number of thiophene rings is 1. The Morgan fingerprint density at radius 2 is 2.19 bits per heavy atom. The molecule has 1 atom stereocenters. The van der Waals surface area contributed by atoms with Crippen LogP contribution in [0.5, 0.6) is 0 Å². The molecule has 0 fully saturated rings. The van der Waals surface area contributed by atoms with Crippen LogP contribution in [-0.4, -0.2) is 41.0 Å². The maximum Gasteiger partial charge on any atom is 0.261 e. The maximum atomic E-state index is 12.6. The standard InChI is InChI=1S/C19H21BrN4O2S/c1-23(2)17(13-6-8-27-11-13)10-21-18(25)5-7-24-12-22-16-4-3-14(20)9-15(16)19(24)26/h3-4,6,8-9,11-12,17H,5,7,10H2,1-2H3,(H,21,25)/t17-/m0/s1. The Labute approximate surface area is 170 Å². The zero-order chi connectivity index (χ0) is 19.4. The number of benzene rings is 1. The number of hydrogen-bond donors (Lipinski definition) is 1. The lowest BCUT2D eigenvalue weighted by Gasteiger charge is -2.24. The molecule has 0 aliphatic heterocycles. The quantitative estimate of drug-likeness (QED) is 0.602. The lowest BCUT2D eigenvalue weighted by Crippen LogP contribution is -2.35. The monoisotopic (exact) mass is 448 g/mol. The zero-order valence-corrected chi connectivity index (χ0v) is 17.6. The molecule has 0 saturated heterocycles. The first-order valence-corrected chi connectivity index (χ1v) is 10.3. The number of nitrogens with zero attached hydrogens (tertiary/aromatic N) is 3. The molecule has 142 valence electrons. The van der Waals surface area contributed by atoms with Gasteiger partial charge in [-0.3, -0.25) is 14.2 Å². The van der Waals surface area contributed by atoms with Crippen LogP contribution in [0.15, 0.2) is 50.6 Å². The van der Waals surface area contributed by atoms with Crippen molar-refractivity contribution in [2.24, 2.45) is 0 Å². The summed E-state index contributed by atoms with van der Waals surface area (Å²) in [6.07, 6.45) is 1.73. The van der Waals surface area contributed by atoms with Crippen molar-refractivity contribution in [1.29, 1.82) is 0 Å². The molecule has 1 amide bonds.